The fourth-order valence-electron chi connectivity index (χ4n) is 2.30. The number of benzene rings is 2. The summed E-state index contributed by atoms with van der Waals surface area (Å²) in [6.45, 7) is 3.04. The summed E-state index contributed by atoms with van der Waals surface area (Å²) in [5.41, 5.74) is -1.15. The van der Waals surface area contributed by atoms with E-state index in [9.17, 15) is 10.2 Å². The van der Waals surface area contributed by atoms with Crippen LogP contribution in [-0.4, -0.2) is 10.2 Å². The minimum Gasteiger partial charge on any atom is -0.382 e. The number of hydrogen-bond donors (Lipinski definition) is 2. The van der Waals surface area contributed by atoms with Crippen molar-refractivity contribution in [3.63, 3.8) is 0 Å². The molecule has 2 N–H and O–H groups in total. The maximum Gasteiger partial charge on any atom is 0.119 e. The number of nitrogens with zero attached hydrogens (tertiary/aromatic N) is 2. The molecule has 4 nitrogen and oxygen atoms in total. The van der Waals surface area contributed by atoms with Crippen molar-refractivity contribution in [2.45, 2.75) is 25.0 Å². The fraction of sp³-hybridized carbons (Fsp3) is 0.222. The Hall–Kier alpha value is -2.66. The van der Waals surface area contributed by atoms with Crippen LogP contribution in [0, 0.1) is 22.7 Å². The Morgan fingerprint density at radius 1 is 0.682 bits per heavy atom. The molecule has 0 aliphatic carbocycles. The summed E-state index contributed by atoms with van der Waals surface area (Å²) in [7, 11) is 0. The van der Waals surface area contributed by atoms with Gasteiger partial charge in [-0.05, 0) is 49.2 Å². The van der Waals surface area contributed by atoms with E-state index in [-0.39, 0.29) is 0 Å². The largest absolute Gasteiger partial charge is 0.382 e. The number of hydrogen-bond acceptors (Lipinski definition) is 4. The van der Waals surface area contributed by atoms with Crippen LogP contribution in [0.25, 0.3) is 0 Å². The lowest BCUT2D eigenvalue weighted by Crippen LogP contribution is -2.45. The van der Waals surface area contributed by atoms with Crippen LogP contribution in [0.1, 0.15) is 36.1 Å². The van der Waals surface area contributed by atoms with Crippen LogP contribution in [0.5, 0.6) is 0 Å². The van der Waals surface area contributed by atoms with Crippen LogP contribution in [0.3, 0.4) is 0 Å². The third-order valence-corrected chi connectivity index (χ3v) is 4.10. The monoisotopic (exact) mass is 292 g/mol. The first-order valence-electron chi connectivity index (χ1n) is 6.79. The van der Waals surface area contributed by atoms with Crippen LogP contribution < -0.4 is 0 Å². The van der Waals surface area contributed by atoms with E-state index < -0.39 is 11.2 Å². The Kier molecular flexibility index (Phi) is 4.01. The van der Waals surface area contributed by atoms with Crippen LogP contribution in [-0.2, 0) is 11.2 Å². The summed E-state index contributed by atoms with van der Waals surface area (Å²) in [4.78, 5) is 0. The Balaban J connectivity index is 2.44. The summed E-state index contributed by atoms with van der Waals surface area (Å²) in [5, 5.41) is 39.4. The van der Waals surface area contributed by atoms with Gasteiger partial charge in [-0.15, -0.1) is 0 Å². The third kappa shape index (κ3) is 2.58. The standard InChI is InChI=1S/C18H16N2O2/c1-17(21,15-7-3-13(11-19)4-8-15)18(2,22)16-9-5-14(12-20)6-10-16/h3-10,21-22H,1-2H3/t17-,18+. The lowest BCUT2D eigenvalue weighted by molar-refractivity contribution is -0.143. The first-order chi connectivity index (χ1) is 10.3. The minimum atomic E-state index is -1.56. The van der Waals surface area contributed by atoms with E-state index >= 15 is 0 Å². The van der Waals surface area contributed by atoms with Gasteiger partial charge in [-0.2, -0.15) is 10.5 Å². The molecule has 22 heavy (non-hydrogen) atoms. The normalized spacial score (nSPS) is 15.9. The molecular weight excluding hydrogens is 276 g/mol. The molecule has 0 saturated carbocycles. The van der Waals surface area contributed by atoms with Crippen LogP contribution >= 0.6 is 0 Å². The van der Waals surface area contributed by atoms with Crippen molar-refractivity contribution < 1.29 is 10.2 Å². The van der Waals surface area contributed by atoms with Gasteiger partial charge in [0.25, 0.3) is 0 Å². The van der Waals surface area contributed by atoms with Crippen LogP contribution in [0.15, 0.2) is 48.5 Å². The summed E-state index contributed by atoms with van der Waals surface area (Å²) in [6.07, 6.45) is 0. The molecule has 2 rings (SSSR count). The van der Waals surface area contributed by atoms with Crippen molar-refractivity contribution in [2.75, 3.05) is 0 Å². The molecule has 0 saturated heterocycles. The van der Waals surface area contributed by atoms with Crippen molar-refractivity contribution in [2.24, 2.45) is 0 Å². The van der Waals surface area contributed by atoms with Gasteiger partial charge in [0.15, 0.2) is 0 Å². The van der Waals surface area contributed by atoms with E-state index in [2.05, 4.69) is 0 Å². The van der Waals surface area contributed by atoms with Crippen LogP contribution in [0.4, 0.5) is 0 Å². The van der Waals surface area contributed by atoms with Crippen LogP contribution in [0.2, 0.25) is 0 Å². The summed E-state index contributed by atoms with van der Waals surface area (Å²) < 4.78 is 0. The van der Waals surface area contributed by atoms with Gasteiger partial charge in [-0.1, -0.05) is 24.3 Å². The Morgan fingerprint density at radius 3 is 1.18 bits per heavy atom. The second kappa shape index (κ2) is 5.61. The topological polar surface area (TPSA) is 88.0 Å². The predicted molar refractivity (Wildman–Crippen MR) is 81.5 cm³/mol. The molecule has 110 valence electrons. The zero-order valence-corrected chi connectivity index (χ0v) is 12.4. The quantitative estimate of drug-likeness (QED) is 0.910. The molecule has 0 spiro atoms. The first kappa shape index (κ1) is 15.7. The van der Waals surface area contributed by atoms with E-state index in [0.29, 0.717) is 22.3 Å². The summed E-state index contributed by atoms with van der Waals surface area (Å²) in [5.74, 6) is 0. The number of rotatable bonds is 3. The van der Waals surface area contributed by atoms with Gasteiger partial charge >= 0.3 is 0 Å². The molecule has 2 aromatic carbocycles. The van der Waals surface area contributed by atoms with E-state index in [4.69, 9.17) is 10.5 Å². The maximum absolute atomic E-state index is 10.9. The lowest BCUT2D eigenvalue weighted by Gasteiger charge is -2.39. The van der Waals surface area contributed by atoms with Gasteiger partial charge in [0.1, 0.15) is 11.2 Å². The second-order valence-electron chi connectivity index (χ2n) is 5.52. The van der Waals surface area contributed by atoms with Crippen molar-refractivity contribution >= 4 is 0 Å². The van der Waals surface area contributed by atoms with Crippen molar-refractivity contribution in [3.05, 3.63) is 70.8 Å². The number of nitriles is 2. The van der Waals surface area contributed by atoms with Crippen molar-refractivity contribution in [1.29, 1.82) is 10.5 Å². The lowest BCUT2D eigenvalue weighted by atomic mass is 9.75. The zero-order valence-electron chi connectivity index (χ0n) is 12.4. The molecule has 0 fully saturated rings. The van der Waals surface area contributed by atoms with E-state index in [1.807, 2.05) is 12.1 Å². The molecule has 2 aromatic rings. The molecule has 2 atom stereocenters. The zero-order chi connectivity index (χ0) is 16.4. The van der Waals surface area contributed by atoms with Gasteiger partial charge in [0, 0.05) is 0 Å². The molecule has 0 heterocycles. The molecule has 0 unspecified atom stereocenters. The van der Waals surface area contributed by atoms with Gasteiger partial charge in [0.05, 0.1) is 23.3 Å². The highest BCUT2D eigenvalue weighted by Gasteiger charge is 2.44. The fourth-order valence-corrected chi connectivity index (χ4v) is 2.30. The predicted octanol–water partition coefficient (Wildman–Crippen LogP) is 2.55. The Labute approximate surface area is 129 Å². The SMILES string of the molecule is C[C@](O)(c1ccc(C#N)cc1)[C@](C)(O)c1ccc(C#N)cc1. The molecule has 0 aromatic heterocycles. The Bertz CT molecular complexity index is 678. The highest BCUT2D eigenvalue weighted by Crippen LogP contribution is 2.40. The molecular formula is C18H16N2O2. The molecule has 0 amide bonds. The van der Waals surface area contributed by atoms with E-state index in [1.54, 1.807) is 48.5 Å². The third-order valence-electron chi connectivity index (χ3n) is 4.10. The van der Waals surface area contributed by atoms with Crippen molar-refractivity contribution in [3.8, 4) is 12.1 Å². The first-order valence-corrected chi connectivity index (χ1v) is 6.79. The van der Waals surface area contributed by atoms with E-state index in [0.717, 1.165) is 0 Å². The molecule has 0 radical (unpaired) electrons. The molecule has 0 aliphatic rings. The summed E-state index contributed by atoms with van der Waals surface area (Å²) in [6, 6.07) is 16.9. The minimum absolute atomic E-state index is 0.484. The van der Waals surface area contributed by atoms with Gasteiger partial charge in [0.2, 0.25) is 0 Å². The van der Waals surface area contributed by atoms with Crippen molar-refractivity contribution in [1.82, 2.24) is 0 Å². The molecule has 4 heteroatoms. The molecule has 0 bridgehead atoms. The average molecular weight is 292 g/mol. The van der Waals surface area contributed by atoms with Gasteiger partial charge < -0.3 is 10.2 Å². The molecule has 0 aliphatic heterocycles. The highest BCUT2D eigenvalue weighted by molar-refractivity contribution is 5.39. The summed E-state index contributed by atoms with van der Waals surface area (Å²) >= 11 is 0. The highest BCUT2D eigenvalue weighted by atomic mass is 16.4. The van der Waals surface area contributed by atoms with Gasteiger partial charge in [-0.3, -0.25) is 0 Å². The smallest absolute Gasteiger partial charge is 0.119 e. The maximum atomic E-state index is 10.9. The van der Waals surface area contributed by atoms with E-state index in [1.165, 1.54) is 13.8 Å². The van der Waals surface area contributed by atoms with Gasteiger partial charge in [-0.25, -0.2) is 0 Å². The number of aliphatic hydroxyl groups is 2. The average Bonchev–Trinajstić information content (AvgIpc) is 2.54. The Morgan fingerprint density at radius 2 is 0.955 bits per heavy atom. The second-order valence-corrected chi connectivity index (χ2v) is 5.52.